The Morgan fingerprint density at radius 1 is 1.53 bits per heavy atom. The Hall–Kier alpha value is -1.09. The topological polar surface area (TPSA) is 40.5 Å². The summed E-state index contributed by atoms with van der Waals surface area (Å²) in [5.74, 6) is 0.101. The van der Waals surface area contributed by atoms with Gasteiger partial charge in [0.15, 0.2) is 0 Å². The van der Waals surface area contributed by atoms with E-state index in [-0.39, 0.29) is 17.9 Å². The van der Waals surface area contributed by atoms with Crippen molar-refractivity contribution in [3.05, 3.63) is 24.3 Å². The van der Waals surface area contributed by atoms with Gasteiger partial charge in [0.05, 0.1) is 12.1 Å². The highest BCUT2D eigenvalue weighted by Crippen LogP contribution is 2.20. The van der Waals surface area contributed by atoms with Gasteiger partial charge in [-0.3, -0.25) is 4.79 Å². The first-order valence-corrected chi connectivity index (χ1v) is 5.29. The van der Waals surface area contributed by atoms with Crippen LogP contribution < -0.4 is 0 Å². The molecule has 0 aromatic rings. The smallest absolute Gasteiger partial charge is 0.219 e. The number of allylic oxidation sites excluding steroid dienone is 3. The maximum atomic E-state index is 11.2. The van der Waals surface area contributed by atoms with Crippen molar-refractivity contribution in [1.82, 2.24) is 4.90 Å². The van der Waals surface area contributed by atoms with Gasteiger partial charge >= 0.3 is 0 Å². The Kier molecular flexibility index (Phi) is 4.09. The summed E-state index contributed by atoms with van der Waals surface area (Å²) in [7, 11) is 1.72. The molecule has 1 unspecified atom stereocenters. The van der Waals surface area contributed by atoms with Gasteiger partial charge in [-0.05, 0) is 13.3 Å². The van der Waals surface area contributed by atoms with Crippen molar-refractivity contribution in [1.29, 1.82) is 0 Å². The number of amides is 1. The third-order valence-corrected chi connectivity index (χ3v) is 3.05. The number of aliphatic hydroxyl groups is 1. The molecule has 1 amide bonds. The van der Waals surface area contributed by atoms with Gasteiger partial charge in [0.25, 0.3) is 0 Å². The zero-order valence-corrected chi connectivity index (χ0v) is 9.55. The number of hydrogen-bond donors (Lipinski definition) is 1. The lowest BCUT2D eigenvalue weighted by Gasteiger charge is -2.32. The number of likely N-dealkylation sites (N-methyl/N-ethyl adjacent to an activating group) is 1. The molecule has 0 bridgehead atoms. The van der Waals surface area contributed by atoms with Crippen LogP contribution in [-0.2, 0) is 4.79 Å². The zero-order chi connectivity index (χ0) is 11.4. The molecule has 3 heteroatoms. The summed E-state index contributed by atoms with van der Waals surface area (Å²) in [5, 5.41) is 10.1. The number of carbonyl (C=O) groups excluding carboxylic acids is 1. The molecule has 0 fully saturated rings. The molecule has 0 radical (unpaired) electrons. The summed E-state index contributed by atoms with van der Waals surface area (Å²) in [5.41, 5.74) is 0. The van der Waals surface area contributed by atoms with Crippen LogP contribution in [0.15, 0.2) is 24.3 Å². The molecular formula is C12H19NO2. The fourth-order valence-electron chi connectivity index (χ4n) is 1.73. The maximum absolute atomic E-state index is 11.2. The minimum atomic E-state index is -0.500. The van der Waals surface area contributed by atoms with E-state index in [9.17, 15) is 9.90 Å². The highest BCUT2D eigenvalue weighted by molar-refractivity contribution is 5.73. The summed E-state index contributed by atoms with van der Waals surface area (Å²) in [6.07, 6.45) is 8.29. The van der Waals surface area contributed by atoms with Gasteiger partial charge in [0.2, 0.25) is 5.91 Å². The molecule has 0 aromatic heterocycles. The second-order valence-electron chi connectivity index (χ2n) is 4.07. The Balaban J connectivity index is 2.59. The minimum Gasteiger partial charge on any atom is -0.390 e. The lowest BCUT2D eigenvalue weighted by Crippen LogP contribution is -2.44. The molecule has 0 saturated heterocycles. The third-order valence-electron chi connectivity index (χ3n) is 3.05. The van der Waals surface area contributed by atoms with E-state index in [1.807, 2.05) is 31.2 Å². The fourth-order valence-corrected chi connectivity index (χ4v) is 1.73. The second-order valence-corrected chi connectivity index (χ2v) is 4.07. The first-order valence-electron chi connectivity index (χ1n) is 5.29. The van der Waals surface area contributed by atoms with Crippen molar-refractivity contribution in [3.8, 4) is 0 Å². The molecular weight excluding hydrogens is 190 g/mol. The van der Waals surface area contributed by atoms with E-state index in [1.165, 1.54) is 6.92 Å². The SMILES string of the molecule is CC(=O)N(C)[C@@H](C)[C@@H](O)C1C=CC=CC1. The van der Waals surface area contributed by atoms with Crippen LogP contribution in [-0.4, -0.2) is 35.1 Å². The van der Waals surface area contributed by atoms with Gasteiger partial charge in [-0.15, -0.1) is 0 Å². The highest BCUT2D eigenvalue weighted by Gasteiger charge is 2.26. The quantitative estimate of drug-likeness (QED) is 0.762. The van der Waals surface area contributed by atoms with Crippen LogP contribution in [0.1, 0.15) is 20.3 Å². The molecule has 0 heterocycles. The summed E-state index contributed by atoms with van der Waals surface area (Å²) in [6, 6.07) is -0.149. The summed E-state index contributed by atoms with van der Waals surface area (Å²) >= 11 is 0. The van der Waals surface area contributed by atoms with Gasteiger partial charge < -0.3 is 10.0 Å². The summed E-state index contributed by atoms with van der Waals surface area (Å²) < 4.78 is 0. The molecule has 0 aliphatic heterocycles. The van der Waals surface area contributed by atoms with Crippen LogP contribution in [0.4, 0.5) is 0 Å². The van der Waals surface area contributed by atoms with Crippen molar-refractivity contribution >= 4 is 5.91 Å². The molecule has 1 aliphatic rings. The van der Waals surface area contributed by atoms with E-state index < -0.39 is 6.10 Å². The Morgan fingerprint density at radius 3 is 2.67 bits per heavy atom. The Bertz CT molecular complexity index is 283. The monoisotopic (exact) mass is 209 g/mol. The molecule has 1 rings (SSSR count). The van der Waals surface area contributed by atoms with Crippen LogP contribution in [0.3, 0.4) is 0 Å². The van der Waals surface area contributed by atoms with Crippen LogP contribution in [0.25, 0.3) is 0 Å². The van der Waals surface area contributed by atoms with Crippen LogP contribution in [0.2, 0.25) is 0 Å². The van der Waals surface area contributed by atoms with E-state index in [0.29, 0.717) is 0 Å². The third kappa shape index (κ3) is 2.93. The first-order chi connectivity index (χ1) is 7.04. The van der Waals surface area contributed by atoms with Gasteiger partial charge in [-0.25, -0.2) is 0 Å². The molecule has 1 aliphatic carbocycles. The number of nitrogens with zero attached hydrogens (tertiary/aromatic N) is 1. The molecule has 15 heavy (non-hydrogen) atoms. The second kappa shape index (κ2) is 5.12. The van der Waals surface area contributed by atoms with Crippen molar-refractivity contribution < 1.29 is 9.90 Å². The predicted molar refractivity (Wildman–Crippen MR) is 60.3 cm³/mol. The molecule has 0 spiro atoms. The maximum Gasteiger partial charge on any atom is 0.219 e. The lowest BCUT2D eigenvalue weighted by molar-refractivity contribution is -0.132. The molecule has 1 N–H and O–H groups in total. The number of rotatable bonds is 3. The van der Waals surface area contributed by atoms with E-state index in [2.05, 4.69) is 0 Å². The molecule has 0 saturated carbocycles. The number of aliphatic hydroxyl groups excluding tert-OH is 1. The minimum absolute atomic E-state index is 0.0168. The summed E-state index contributed by atoms with van der Waals surface area (Å²) in [6.45, 7) is 3.39. The zero-order valence-electron chi connectivity index (χ0n) is 9.55. The average molecular weight is 209 g/mol. The van der Waals surface area contributed by atoms with Crippen LogP contribution in [0, 0.1) is 5.92 Å². The highest BCUT2D eigenvalue weighted by atomic mass is 16.3. The number of carbonyl (C=O) groups is 1. The van der Waals surface area contributed by atoms with E-state index >= 15 is 0 Å². The van der Waals surface area contributed by atoms with E-state index in [4.69, 9.17) is 0 Å². The summed E-state index contributed by atoms with van der Waals surface area (Å²) in [4.78, 5) is 12.7. The molecule has 84 valence electrons. The number of hydrogen-bond acceptors (Lipinski definition) is 2. The van der Waals surface area contributed by atoms with Gasteiger partial charge in [0, 0.05) is 19.9 Å². The Morgan fingerprint density at radius 2 is 2.20 bits per heavy atom. The van der Waals surface area contributed by atoms with E-state index in [1.54, 1.807) is 11.9 Å². The van der Waals surface area contributed by atoms with Crippen molar-refractivity contribution in [2.45, 2.75) is 32.4 Å². The normalized spacial score (nSPS) is 23.6. The predicted octanol–water partition coefficient (Wildman–Crippen LogP) is 1.35. The lowest BCUT2D eigenvalue weighted by atomic mass is 9.90. The van der Waals surface area contributed by atoms with Gasteiger partial charge in [0.1, 0.15) is 0 Å². The largest absolute Gasteiger partial charge is 0.390 e. The van der Waals surface area contributed by atoms with Crippen molar-refractivity contribution in [2.24, 2.45) is 5.92 Å². The average Bonchev–Trinajstić information content (AvgIpc) is 2.27. The molecule has 3 nitrogen and oxygen atoms in total. The fraction of sp³-hybridized carbons (Fsp3) is 0.583. The molecule has 0 aromatic carbocycles. The van der Waals surface area contributed by atoms with Crippen molar-refractivity contribution in [2.75, 3.05) is 7.05 Å². The van der Waals surface area contributed by atoms with Gasteiger partial charge in [-0.2, -0.15) is 0 Å². The van der Waals surface area contributed by atoms with E-state index in [0.717, 1.165) is 6.42 Å². The van der Waals surface area contributed by atoms with Crippen LogP contribution in [0.5, 0.6) is 0 Å². The van der Waals surface area contributed by atoms with Crippen molar-refractivity contribution in [3.63, 3.8) is 0 Å². The van der Waals surface area contributed by atoms with Gasteiger partial charge in [-0.1, -0.05) is 24.3 Å². The molecule has 3 atom stereocenters. The Labute approximate surface area is 91.1 Å². The standard InChI is InChI=1S/C12H19NO2/c1-9(13(3)10(2)14)12(15)11-7-5-4-6-8-11/h4-7,9,11-12,15H,8H2,1-3H3/t9-,11?,12+/m0/s1. The first kappa shape index (κ1) is 12.0. The van der Waals surface area contributed by atoms with Crippen LogP contribution >= 0.6 is 0 Å².